The number of hydrogen-bond donors (Lipinski definition) is 9. The monoisotopic (exact) mass is 2100 g/mol. The van der Waals surface area contributed by atoms with Crippen LogP contribution in [0.15, 0.2) is 204 Å². The fourth-order valence-corrected chi connectivity index (χ4v) is 22.2. The fraction of sp³-hybridized carbons (Fsp3) is 0.400. The third kappa shape index (κ3) is 24.5. The third-order valence-electron chi connectivity index (χ3n) is 27.9. The molecule has 740 valence electrons. The van der Waals surface area contributed by atoms with Gasteiger partial charge in [-0.2, -0.15) is 10.4 Å². The number of anilines is 1. The van der Waals surface area contributed by atoms with Gasteiger partial charge in [-0.3, -0.25) is 58.1 Å². The number of benzene rings is 7. The van der Waals surface area contributed by atoms with Gasteiger partial charge in [0, 0.05) is 95.2 Å². The molecule has 8 heterocycles. The van der Waals surface area contributed by atoms with E-state index in [-0.39, 0.29) is 96.9 Å². The second-order valence-corrected chi connectivity index (χ2v) is 42.0. The average Bonchev–Trinajstić information content (AvgIpc) is 1.60. The maximum Gasteiger partial charge on any atom is 0.315 e. The predicted molar refractivity (Wildman–Crippen MR) is 563 cm³/mol. The van der Waals surface area contributed by atoms with E-state index < -0.39 is 33.5 Å². The van der Waals surface area contributed by atoms with E-state index in [0.717, 1.165) is 166 Å². The first-order valence-electron chi connectivity index (χ1n) is 47.5. The third-order valence-corrected chi connectivity index (χ3v) is 31.2. The Balaban J connectivity index is 0.000000142. The Morgan fingerprint density at radius 3 is 1.79 bits per heavy atom. The Labute approximate surface area is 852 Å². The van der Waals surface area contributed by atoms with E-state index in [4.69, 9.17) is 67.1 Å². The predicted octanol–water partition coefficient (Wildman–Crippen LogP) is 17.8. The van der Waals surface area contributed by atoms with Crippen LogP contribution < -0.4 is 44.6 Å². The maximum atomic E-state index is 13.6. The summed E-state index contributed by atoms with van der Waals surface area (Å²) in [5.74, 6) is 2.31. The number of nitrogens with one attached hydrogen (secondary N) is 3. The summed E-state index contributed by atoms with van der Waals surface area (Å²) in [6, 6.07) is 53.4. The molecule has 3 aromatic heterocycles. The number of carbonyl (C=O) groups excluding carboxylic acids is 6. The number of carbonyl (C=O) groups is 6. The number of aromatic nitrogens is 4. The standard InChI is InChI=1S/C27H37ClN6O.C26H32ClN5O2.C19H21N3O2.C17H14BrFN4OS.C16H18BrN5O/c1-34-25(35)27(33-26(34)29,13-12-18-6-3-2-4-7-18)16-19-8-5-9-21(14-19)31-24-17-30-23-15-20(28)10-11-22(23)32-24;1-26(23(33)32(2)24(28)31-26)19-8-6-7-18(15-19)22-16-20(27)12-11-17(22)13-14-29-25(34)30-21-9-4-3-5-10-21;1-19(11-17(24)22(2)18(20)21-19)16-8-4-7-15(10-16)14-6-3-5-13(9-14)12-23;1-17(7-14(24)23(2)16(21)22-17)13-6-11(18)15(25-13)9-3-4-12(19)10(5-9)8-20;1-16(9-14(23)21(2)15(18)19-16)13-8-12(22(3)20-13)10-5-4-6-11(17)7-10/h10-11,15,17-19,21H,2-9,12-14,16H2,1H3,(H2,29,33)(H,31,32);6-8,11-12,15-16,21H,3-5,9-10,13-14H2,1-2H3,(H2,28,31)(H2,29,30,34);3-10,23H,11-12H2,1-2H3,(H2,20,21);3-6H,7H2,1-2H3,(H2,21,22);4-8H,9H2,1-3H3,(H2,18,19)/t19-,21+,27-;;19-;17-;16-/m0.000/s1. The van der Waals surface area contributed by atoms with E-state index in [1.54, 1.807) is 64.0 Å². The molecule has 0 spiro atoms. The second-order valence-electron chi connectivity index (χ2n) is 38.4. The number of aliphatic hydroxyl groups excluding tert-OH is 1. The van der Waals surface area contributed by atoms with Crippen LogP contribution in [0.3, 0.4) is 0 Å². The number of aryl methyl sites for hydroxylation is 1. The van der Waals surface area contributed by atoms with Gasteiger partial charge < -0.3 is 49.7 Å². The highest BCUT2D eigenvalue weighted by molar-refractivity contribution is 9.11. The molecular formula is C105H122Br2Cl2FN23O7S. The first kappa shape index (κ1) is 104. The highest BCUT2D eigenvalue weighted by Crippen LogP contribution is 2.47. The summed E-state index contributed by atoms with van der Waals surface area (Å²) >= 11 is 20.8. The molecule has 1 unspecified atom stereocenters. The number of thiophene rings is 1. The quantitative estimate of drug-likeness (QED) is 0.0342. The van der Waals surface area contributed by atoms with Gasteiger partial charge in [0.25, 0.3) is 11.8 Å². The number of likely N-dealkylation sites (N-methyl/N-ethyl adjacent to an activating group) is 2. The van der Waals surface area contributed by atoms with Gasteiger partial charge >= 0.3 is 6.03 Å². The maximum absolute atomic E-state index is 13.6. The van der Waals surface area contributed by atoms with Gasteiger partial charge in [0.1, 0.15) is 34.3 Å². The van der Waals surface area contributed by atoms with E-state index in [9.17, 15) is 38.3 Å². The van der Waals surface area contributed by atoms with Crippen molar-refractivity contribution in [3.63, 3.8) is 0 Å². The number of nitrogens with zero attached hydrogens (tertiary/aromatic N) is 15. The molecule has 0 saturated heterocycles. The molecule has 36 heteroatoms. The number of rotatable bonds is 20. The molecule has 5 aliphatic heterocycles. The van der Waals surface area contributed by atoms with Crippen molar-refractivity contribution in [2.24, 2.45) is 72.5 Å². The zero-order chi connectivity index (χ0) is 101. The number of halogens is 5. The average molecular weight is 2100 g/mol. The Bertz CT molecular complexity index is 6590. The van der Waals surface area contributed by atoms with Crippen LogP contribution in [-0.2, 0) is 66.2 Å². The lowest BCUT2D eigenvalue weighted by Gasteiger charge is -2.35. The summed E-state index contributed by atoms with van der Waals surface area (Å²) in [7, 11) is 10.1. The number of aliphatic hydroxyl groups is 1. The number of guanidine groups is 5. The number of nitriles is 1. The Hall–Kier alpha value is -12.5. The van der Waals surface area contributed by atoms with Crippen molar-refractivity contribution in [3.05, 3.63) is 233 Å². The molecule has 141 heavy (non-hydrogen) atoms. The van der Waals surface area contributed by atoms with Crippen LogP contribution in [0.2, 0.25) is 10.0 Å². The molecule has 14 N–H and O–H groups in total. The summed E-state index contributed by atoms with van der Waals surface area (Å²) < 4.78 is 17.2. The Morgan fingerprint density at radius 1 is 0.567 bits per heavy atom. The molecule has 0 bridgehead atoms. The zero-order valence-corrected chi connectivity index (χ0v) is 86.5. The number of hydrogen-bond acceptors (Lipinski definition) is 23. The first-order chi connectivity index (χ1) is 67.2. The van der Waals surface area contributed by atoms with E-state index >= 15 is 0 Å². The molecule has 3 saturated carbocycles. The lowest BCUT2D eigenvalue weighted by atomic mass is 9.74. The smallest absolute Gasteiger partial charge is 0.315 e. The second kappa shape index (κ2) is 44.7. The minimum Gasteiger partial charge on any atom is -0.392 e. The van der Waals surface area contributed by atoms with Gasteiger partial charge in [-0.15, -0.1) is 11.3 Å². The number of aliphatic imine (C=N–C) groups is 5. The molecule has 3 aliphatic carbocycles. The van der Waals surface area contributed by atoms with E-state index in [1.165, 1.54) is 94.4 Å². The van der Waals surface area contributed by atoms with E-state index in [2.05, 4.69) is 77.9 Å². The SMILES string of the molecule is CN1C(=O)C(C)(c2cccc(-c3cc(Cl)ccc3CCNC(=O)NC3CCCCC3)c2)N=C1N.CN1C(=O)C[C@@](C)(c2cc(-c3cccc(Br)c3)n(C)n2)N=C1N.CN1C(=O)C[C@@](C)(c2cc(Br)c(-c3ccc(F)c(C#N)c3)s2)N=C1N.CN1C(=O)C[C@@](C)(c2cccc(-c3cccc(CO)c3)c2)N=C1N.CN1C(=O)[C@](CCC2CCCCC2)(C[C@H]2CCC[C@@H](Nc3cnc4cc(Cl)ccc4n3)C2)N=C1N. The topological polar surface area (TPSA) is 434 Å². The number of fused-ring (bicyclic) bond motifs is 1. The van der Waals surface area contributed by atoms with Crippen molar-refractivity contribution in [1.82, 2.24) is 54.9 Å². The van der Waals surface area contributed by atoms with Gasteiger partial charge in [-0.25, -0.2) is 39.1 Å². The molecule has 10 aromatic rings. The first-order valence-corrected chi connectivity index (χ1v) is 50.7. The van der Waals surface area contributed by atoms with Crippen LogP contribution in [0, 0.1) is 29.0 Å². The Kier molecular flexibility index (Phi) is 33.1. The summed E-state index contributed by atoms with van der Waals surface area (Å²) in [6.07, 6.45) is 22.5. The molecule has 8 aliphatic rings. The Morgan fingerprint density at radius 2 is 1.14 bits per heavy atom. The molecule has 18 rings (SSSR count). The highest BCUT2D eigenvalue weighted by Gasteiger charge is 2.49. The van der Waals surface area contributed by atoms with Crippen LogP contribution in [0.1, 0.15) is 194 Å². The van der Waals surface area contributed by atoms with Crippen molar-refractivity contribution >= 4 is 149 Å². The molecule has 3 fully saturated rings. The molecule has 7 aromatic carbocycles. The van der Waals surface area contributed by atoms with Crippen LogP contribution >= 0.6 is 66.4 Å². The van der Waals surface area contributed by atoms with Gasteiger partial charge in [0.05, 0.1) is 65.6 Å². The minimum atomic E-state index is -1.06. The molecule has 0 radical (unpaired) electrons. The van der Waals surface area contributed by atoms with Crippen molar-refractivity contribution < 1.29 is 38.3 Å². The van der Waals surface area contributed by atoms with Crippen LogP contribution in [-0.4, -0.2) is 174 Å². The molecule has 7 amide bonds. The van der Waals surface area contributed by atoms with Crippen molar-refractivity contribution in [3.8, 4) is 50.0 Å². The number of amides is 7. The minimum absolute atomic E-state index is 0.00685. The van der Waals surface area contributed by atoms with Gasteiger partial charge in [0.2, 0.25) is 17.7 Å². The van der Waals surface area contributed by atoms with Crippen LogP contribution in [0.4, 0.5) is 15.0 Å². The molecule has 30 nitrogen and oxygen atoms in total. The summed E-state index contributed by atoms with van der Waals surface area (Å²) in [5.41, 5.74) is 38.4. The van der Waals surface area contributed by atoms with E-state index in [1.807, 2.05) is 179 Å². The number of nitrogens with two attached hydrogens (primary N) is 5. The van der Waals surface area contributed by atoms with Crippen LogP contribution in [0.25, 0.3) is 55.0 Å². The molecular weight excluding hydrogens is 1980 g/mol. The van der Waals surface area contributed by atoms with Crippen molar-refractivity contribution in [2.75, 3.05) is 47.1 Å². The van der Waals surface area contributed by atoms with Gasteiger partial charge in [-0.1, -0.05) is 182 Å². The summed E-state index contributed by atoms with van der Waals surface area (Å²) in [4.78, 5) is 116. The van der Waals surface area contributed by atoms with Crippen LogP contribution in [0.5, 0.6) is 0 Å². The highest BCUT2D eigenvalue weighted by atomic mass is 79.9. The zero-order valence-electron chi connectivity index (χ0n) is 81.0. The largest absolute Gasteiger partial charge is 0.392 e. The summed E-state index contributed by atoms with van der Waals surface area (Å²) in [6.45, 7) is 7.96. The van der Waals surface area contributed by atoms with Crippen molar-refractivity contribution in [1.29, 1.82) is 5.26 Å². The number of urea groups is 1. The summed E-state index contributed by atoms with van der Waals surface area (Å²) in [5, 5.41) is 33.9. The lowest BCUT2D eigenvalue weighted by molar-refractivity contribution is -0.131. The van der Waals surface area contributed by atoms with Crippen molar-refractivity contribution in [2.45, 2.75) is 209 Å². The molecule has 7 atom stereocenters. The van der Waals surface area contributed by atoms with Gasteiger partial charge in [0.15, 0.2) is 35.3 Å². The lowest BCUT2D eigenvalue weighted by Crippen LogP contribution is -2.47. The van der Waals surface area contributed by atoms with Gasteiger partial charge in [-0.05, 0) is 242 Å². The normalized spacial score (nSPS) is 22.6. The van der Waals surface area contributed by atoms with E-state index in [0.29, 0.717) is 40.9 Å². The fourth-order valence-electron chi connectivity index (χ4n) is 19.5.